The maximum absolute atomic E-state index is 8.79. The van der Waals surface area contributed by atoms with Gasteiger partial charge in [0.15, 0.2) is 0 Å². The van der Waals surface area contributed by atoms with Crippen molar-refractivity contribution in [1.29, 1.82) is 5.26 Å². The summed E-state index contributed by atoms with van der Waals surface area (Å²) >= 11 is 0. The highest BCUT2D eigenvalue weighted by Crippen LogP contribution is 2.22. The smallest absolute Gasteiger partial charge is 0.0991 e. The molecule has 0 heterocycles. The number of nitrogens with one attached hydrogen (secondary N) is 1. The highest BCUT2D eigenvalue weighted by atomic mass is 14.9. The zero-order chi connectivity index (χ0) is 14.5. The van der Waals surface area contributed by atoms with Crippen molar-refractivity contribution in [2.75, 3.05) is 5.32 Å². The van der Waals surface area contributed by atoms with Crippen LogP contribution >= 0.6 is 0 Å². The fraction of sp³-hybridized carbons (Fsp3) is 0.278. The number of hydrogen-bond acceptors (Lipinski definition) is 2. The second-order valence-electron chi connectivity index (χ2n) is 5.38. The molecular weight excluding hydrogens is 244 g/mol. The van der Waals surface area contributed by atoms with Gasteiger partial charge in [-0.15, -0.1) is 0 Å². The minimum Gasteiger partial charge on any atom is -0.379 e. The van der Waals surface area contributed by atoms with Gasteiger partial charge >= 0.3 is 0 Å². The van der Waals surface area contributed by atoms with Crippen LogP contribution in [0.4, 0.5) is 5.69 Å². The minimum absolute atomic E-state index is 0.240. The maximum Gasteiger partial charge on any atom is 0.0991 e. The summed E-state index contributed by atoms with van der Waals surface area (Å²) in [6, 6.07) is 18.6. The van der Waals surface area contributed by atoms with Crippen LogP contribution in [0, 0.1) is 11.3 Å². The molecule has 1 unspecified atom stereocenters. The van der Waals surface area contributed by atoms with E-state index in [1.54, 1.807) is 0 Å². The number of anilines is 1. The van der Waals surface area contributed by atoms with Crippen molar-refractivity contribution < 1.29 is 0 Å². The summed E-state index contributed by atoms with van der Waals surface area (Å²) < 4.78 is 0. The van der Waals surface area contributed by atoms with Crippen LogP contribution in [0.2, 0.25) is 0 Å². The molecule has 0 saturated heterocycles. The van der Waals surface area contributed by atoms with E-state index in [0.717, 1.165) is 5.69 Å². The predicted molar refractivity (Wildman–Crippen MR) is 83.7 cm³/mol. The standard InChI is InChI=1S/C18H20N2/c1-13(2)16-6-8-17(9-7-16)14(3)20-18-10-4-15(12-19)5-11-18/h4-11,13-14,20H,1-3H3. The molecule has 2 heteroatoms. The second kappa shape index (κ2) is 6.25. The van der Waals surface area contributed by atoms with Crippen LogP contribution in [-0.4, -0.2) is 0 Å². The summed E-state index contributed by atoms with van der Waals surface area (Å²) in [5, 5.41) is 12.2. The molecule has 1 N–H and O–H groups in total. The van der Waals surface area contributed by atoms with Gasteiger partial charge in [0.1, 0.15) is 0 Å². The van der Waals surface area contributed by atoms with Crippen molar-refractivity contribution in [1.82, 2.24) is 0 Å². The number of nitriles is 1. The van der Waals surface area contributed by atoms with Gasteiger partial charge in [0.05, 0.1) is 11.6 Å². The molecule has 0 amide bonds. The molecule has 0 spiro atoms. The average Bonchev–Trinajstić information content (AvgIpc) is 2.48. The van der Waals surface area contributed by atoms with Gasteiger partial charge in [0.25, 0.3) is 0 Å². The van der Waals surface area contributed by atoms with Crippen molar-refractivity contribution in [2.45, 2.75) is 32.7 Å². The summed E-state index contributed by atoms with van der Waals surface area (Å²) in [4.78, 5) is 0. The van der Waals surface area contributed by atoms with E-state index in [1.165, 1.54) is 11.1 Å². The monoisotopic (exact) mass is 264 g/mol. The molecule has 1 atom stereocenters. The quantitative estimate of drug-likeness (QED) is 0.856. The lowest BCUT2D eigenvalue weighted by Gasteiger charge is -2.16. The van der Waals surface area contributed by atoms with E-state index in [-0.39, 0.29) is 6.04 Å². The van der Waals surface area contributed by atoms with E-state index in [1.807, 2.05) is 24.3 Å². The Balaban J connectivity index is 2.07. The third-order valence-electron chi connectivity index (χ3n) is 3.50. The van der Waals surface area contributed by atoms with Crippen LogP contribution in [0.3, 0.4) is 0 Å². The van der Waals surface area contributed by atoms with Crippen LogP contribution < -0.4 is 5.32 Å². The third-order valence-corrected chi connectivity index (χ3v) is 3.50. The molecule has 0 fully saturated rings. The summed E-state index contributed by atoms with van der Waals surface area (Å²) in [7, 11) is 0. The Morgan fingerprint density at radius 3 is 1.90 bits per heavy atom. The Kier molecular flexibility index (Phi) is 4.42. The molecule has 0 bridgehead atoms. The van der Waals surface area contributed by atoms with Crippen molar-refractivity contribution in [3.05, 3.63) is 65.2 Å². The molecule has 20 heavy (non-hydrogen) atoms. The van der Waals surface area contributed by atoms with Crippen molar-refractivity contribution in [3.63, 3.8) is 0 Å². The molecule has 102 valence electrons. The lowest BCUT2D eigenvalue weighted by molar-refractivity contribution is 0.852. The minimum atomic E-state index is 0.240. The number of hydrogen-bond donors (Lipinski definition) is 1. The first kappa shape index (κ1) is 14.1. The van der Waals surface area contributed by atoms with E-state index in [9.17, 15) is 0 Å². The second-order valence-corrected chi connectivity index (χ2v) is 5.38. The van der Waals surface area contributed by atoms with E-state index in [2.05, 4.69) is 56.4 Å². The Bertz CT molecular complexity index is 589. The molecular formula is C18H20N2. The van der Waals surface area contributed by atoms with Crippen LogP contribution in [-0.2, 0) is 0 Å². The molecule has 2 aromatic rings. The lowest BCUT2D eigenvalue weighted by Crippen LogP contribution is -2.06. The zero-order valence-corrected chi connectivity index (χ0v) is 12.2. The van der Waals surface area contributed by atoms with Gasteiger partial charge in [0, 0.05) is 11.7 Å². The van der Waals surface area contributed by atoms with Crippen molar-refractivity contribution >= 4 is 5.69 Å². The molecule has 2 nitrogen and oxygen atoms in total. The molecule has 0 saturated carbocycles. The first-order valence-electron chi connectivity index (χ1n) is 6.96. The molecule has 2 aromatic carbocycles. The average molecular weight is 264 g/mol. The SMILES string of the molecule is CC(C)c1ccc(C(C)Nc2ccc(C#N)cc2)cc1. The highest BCUT2D eigenvalue weighted by Gasteiger charge is 2.06. The van der Waals surface area contributed by atoms with E-state index >= 15 is 0 Å². The molecule has 0 aliphatic carbocycles. The lowest BCUT2D eigenvalue weighted by atomic mass is 9.99. The largest absolute Gasteiger partial charge is 0.379 e. The summed E-state index contributed by atoms with van der Waals surface area (Å²) in [6.45, 7) is 6.55. The predicted octanol–water partition coefficient (Wildman–Crippen LogP) is 4.85. The summed E-state index contributed by atoms with van der Waals surface area (Å²) in [5.41, 5.74) is 4.34. The van der Waals surface area contributed by atoms with Crippen LogP contribution in [0.15, 0.2) is 48.5 Å². The number of nitrogens with zero attached hydrogens (tertiary/aromatic N) is 1. The van der Waals surface area contributed by atoms with Gasteiger partial charge in [-0.1, -0.05) is 38.1 Å². The zero-order valence-electron chi connectivity index (χ0n) is 12.2. The Morgan fingerprint density at radius 1 is 0.850 bits per heavy atom. The van der Waals surface area contributed by atoms with Gasteiger partial charge in [0.2, 0.25) is 0 Å². The van der Waals surface area contributed by atoms with Crippen LogP contribution in [0.5, 0.6) is 0 Å². The first-order chi connectivity index (χ1) is 9.60. The van der Waals surface area contributed by atoms with Crippen molar-refractivity contribution in [3.8, 4) is 6.07 Å². The topological polar surface area (TPSA) is 35.8 Å². The van der Waals surface area contributed by atoms with E-state index in [0.29, 0.717) is 11.5 Å². The normalized spacial score (nSPS) is 11.9. The third kappa shape index (κ3) is 3.39. The van der Waals surface area contributed by atoms with Crippen LogP contribution in [0.25, 0.3) is 0 Å². The van der Waals surface area contributed by atoms with Gasteiger partial charge in [-0.25, -0.2) is 0 Å². The van der Waals surface area contributed by atoms with Gasteiger partial charge in [-0.2, -0.15) is 5.26 Å². The van der Waals surface area contributed by atoms with Crippen LogP contribution in [0.1, 0.15) is 49.4 Å². The van der Waals surface area contributed by atoms with Gasteiger partial charge in [-0.05, 0) is 48.2 Å². The van der Waals surface area contributed by atoms with Crippen molar-refractivity contribution in [2.24, 2.45) is 0 Å². The number of rotatable bonds is 4. The Labute approximate surface area is 121 Å². The summed E-state index contributed by atoms with van der Waals surface area (Å²) in [6.07, 6.45) is 0. The molecule has 0 aliphatic heterocycles. The fourth-order valence-electron chi connectivity index (χ4n) is 2.14. The molecule has 0 radical (unpaired) electrons. The van der Waals surface area contributed by atoms with E-state index < -0.39 is 0 Å². The fourth-order valence-corrected chi connectivity index (χ4v) is 2.14. The first-order valence-corrected chi connectivity index (χ1v) is 6.96. The molecule has 2 rings (SSSR count). The number of benzene rings is 2. The maximum atomic E-state index is 8.79. The van der Waals surface area contributed by atoms with Gasteiger partial charge < -0.3 is 5.32 Å². The highest BCUT2D eigenvalue weighted by molar-refractivity contribution is 5.48. The van der Waals surface area contributed by atoms with E-state index in [4.69, 9.17) is 5.26 Å². The Morgan fingerprint density at radius 2 is 1.40 bits per heavy atom. The summed E-state index contributed by atoms with van der Waals surface area (Å²) in [5.74, 6) is 0.561. The van der Waals surface area contributed by atoms with Gasteiger partial charge in [-0.3, -0.25) is 0 Å². The Hall–Kier alpha value is -2.27. The molecule has 0 aliphatic rings. The molecule has 0 aromatic heterocycles.